The number of thioether (sulfide) groups is 1. The molecule has 2 aliphatic rings. The minimum absolute atomic E-state index is 0.525. The average molecular weight is 312 g/mol. The summed E-state index contributed by atoms with van der Waals surface area (Å²) in [5.41, 5.74) is 1.75. The molecule has 0 saturated carbocycles. The van der Waals surface area contributed by atoms with Crippen molar-refractivity contribution in [3.8, 4) is 0 Å². The van der Waals surface area contributed by atoms with Crippen LogP contribution in [0.15, 0.2) is 29.2 Å². The average Bonchev–Trinajstić information content (AvgIpc) is 2.84. The van der Waals surface area contributed by atoms with Crippen LogP contribution < -0.4 is 5.32 Å². The van der Waals surface area contributed by atoms with Crippen LogP contribution in [0, 0.1) is 5.41 Å². The molecule has 3 rings (SSSR count). The summed E-state index contributed by atoms with van der Waals surface area (Å²) in [4.78, 5) is 3.16. The van der Waals surface area contributed by atoms with Crippen molar-refractivity contribution in [2.75, 3.05) is 26.2 Å². The molecular formula is C16H22F2N2S. The molecule has 2 nitrogen and oxygen atoms in total. The highest BCUT2D eigenvalue weighted by molar-refractivity contribution is 7.99. The van der Waals surface area contributed by atoms with Crippen molar-refractivity contribution in [2.24, 2.45) is 5.41 Å². The molecule has 2 aliphatic heterocycles. The predicted octanol–water partition coefficient (Wildman–Crippen LogP) is 3.58. The SMILES string of the molecule is FC(F)Sc1ccc(CN2CCC3(CCNCC3)C2)cc1. The first-order valence-corrected chi connectivity index (χ1v) is 8.50. The van der Waals surface area contributed by atoms with Crippen molar-refractivity contribution in [1.82, 2.24) is 10.2 Å². The van der Waals surface area contributed by atoms with Crippen LogP contribution in [0.3, 0.4) is 0 Å². The van der Waals surface area contributed by atoms with E-state index in [1.807, 2.05) is 24.3 Å². The van der Waals surface area contributed by atoms with E-state index >= 15 is 0 Å². The number of piperidine rings is 1. The first-order valence-electron chi connectivity index (χ1n) is 7.62. The first-order chi connectivity index (χ1) is 10.2. The van der Waals surface area contributed by atoms with Crippen molar-refractivity contribution in [3.05, 3.63) is 29.8 Å². The summed E-state index contributed by atoms with van der Waals surface area (Å²) in [5.74, 6) is -2.34. The highest BCUT2D eigenvalue weighted by Crippen LogP contribution is 2.39. The molecule has 0 aromatic heterocycles. The fraction of sp³-hybridized carbons (Fsp3) is 0.625. The van der Waals surface area contributed by atoms with Crippen LogP contribution in [0.1, 0.15) is 24.8 Å². The van der Waals surface area contributed by atoms with Gasteiger partial charge in [0.05, 0.1) is 0 Å². The summed E-state index contributed by atoms with van der Waals surface area (Å²) in [6, 6.07) is 7.58. The molecule has 2 fully saturated rings. The van der Waals surface area contributed by atoms with Crippen molar-refractivity contribution in [2.45, 2.75) is 36.5 Å². The first kappa shape index (κ1) is 15.3. The highest BCUT2D eigenvalue weighted by Gasteiger charge is 2.38. The molecule has 1 aromatic carbocycles. The Morgan fingerprint density at radius 1 is 1.14 bits per heavy atom. The molecule has 116 valence electrons. The second-order valence-electron chi connectivity index (χ2n) is 6.23. The molecule has 0 radical (unpaired) electrons. The number of halogens is 2. The van der Waals surface area contributed by atoms with Gasteiger partial charge < -0.3 is 5.32 Å². The van der Waals surface area contributed by atoms with Crippen molar-refractivity contribution in [1.29, 1.82) is 0 Å². The van der Waals surface area contributed by atoms with Gasteiger partial charge in [-0.3, -0.25) is 4.90 Å². The van der Waals surface area contributed by atoms with Crippen molar-refractivity contribution < 1.29 is 8.78 Å². The number of hydrogen-bond donors (Lipinski definition) is 1. The molecule has 0 atom stereocenters. The van der Waals surface area contributed by atoms with Crippen LogP contribution >= 0.6 is 11.8 Å². The minimum atomic E-state index is -2.34. The lowest BCUT2D eigenvalue weighted by atomic mass is 9.78. The zero-order chi connectivity index (χ0) is 14.7. The predicted molar refractivity (Wildman–Crippen MR) is 82.7 cm³/mol. The van der Waals surface area contributed by atoms with Gasteiger partial charge in [0, 0.05) is 18.0 Å². The molecule has 5 heteroatoms. The number of likely N-dealkylation sites (tertiary alicyclic amines) is 1. The molecule has 0 amide bonds. The Kier molecular flexibility index (Phi) is 4.82. The van der Waals surface area contributed by atoms with E-state index in [4.69, 9.17) is 0 Å². The summed E-state index contributed by atoms with van der Waals surface area (Å²) in [6.07, 6.45) is 3.87. The Balaban J connectivity index is 1.55. The Hall–Kier alpha value is -0.650. The van der Waals surface area contributed by atoms with Gasteiger partial charge in [-0.1, -0.05) is 23.9 Å². The van der Waals surface area contributed by atoms with Gasteiger partial charge in [0.1, 0.15) is 0 Å². The highest BCUT2D eigenvalue weighted by atomic mass is 32.2. The smallest absolute Gasteiger partial charge is 0.288 e. The molecule has 0 bridgehead atoms. The molecular weight excluding hydrogens is 290 g/mol. The molecule has 1 spiro atoms. The Morgan fingerprint density at radius 3 is 2.52 bits per heavy atom. The van der Waals surface area contributed by atoms with Gasteiger partial charge in [-0.25, -0.2) is 0 Å². The number of benzene rings is 1. The number of nitrogens with one attached hydrogen (secondary N) is 1. The number of rotatable bonds is 4. The quantitative estimate of drug-likeness (QED) is 0.856. The van der Waals surface area contributed by atoms with Gasteiger partial charge in [0.15, 0.2) is 0 Å². The van der Waals surface area contributed by atoms with E-state index in [1.165, 1.54) is 31.4 Å². The Bertz CT molecular complexity index is 458. The monoisotopic (exact) mass is 312 g/mol. The summed E-state index contributed by atoms with van der Waals surface area (Å²) in [5, 5.41) is 3.44. The van der Waals surface area contributed by atoms with E-state index in [0.717, 1.165) is 26.2 Å². The van der Waals surface area contributed by atoms with E-state index in [0.29, 0.717) is 22.1 Å². The van der Waals surface area contributed by atoms with Crippen LogP contribution in [-0.2, 0) is 6.54 Å². The second kappa shape index (κ2) is 6.63. The van der Waals surface area contributed by atoms with E-state index in [9.17, 15) is 8.78 Å². The third-order valence-electron chi connectivity index (χ3n) is 4.74. The number of nitrogens with zero attached hydrogens (tertiary/aromatic N) is 1. The topological polar surface area (TPSA) is 15.3 Å². The molecule has 1 aromatic rings. The second-order valence-corrected chi connectivity index (χ2v) is 7.30. The van der Waals surface area contributed by atoms with Crippen LogP contribution in [0.4, 0.5) is 8.78 Å². The normalized spacial score (nSPS) is 22.2. The fourth-order valence-electron chi connectivity index (χ4n) is 3.56. The van der Waals surface area contributed by atoms with Crippen LogP contribution in [0.25, 0.3) is 0 Å². The van der Waals surface area contributed by atoms with E-state index < -0.39 is 5.76 Å². The third-order valence-corrected chi connectivity index (χ3v) is 5.46. The maximum absolute atomic E-state index is 12.3. The van der Waals surface area contributed by atoms with Crippen LogP contribution in [0.5, 0.6) is 0 Å². The Morgan fingerprint density at radius 2 is 1.86 bits per heavy atom. The van der Waals surface area contributed by atoms with Gasteiger partial charge >= 0.3 is 0 Å². The zero-order valence-electron chi connectivity index (χ0n) is 12.2. The summed E-state index contributed by atoms with van der Waals surface area (Å²) < 4.78 is 24.6. The van der Waals surface area contributed by atoms with Gasteiger partial charge in [-0.2, -0.15) is 8.78 Å². The van der Waals surface area contributed by atoms with E-state index in [-0.39, 0.29) is 0 Å². The van der Waals surface area contributed by atoms with Crippen molar-refractivity contribution >= 4 is 11.8 Å². The van der Waals surface area contributed by atoms with Crippen LogP contribution in [0.2, 0.25) is 0 Å². The number of hydrogen-bond acceptors (Lipinski definition) is 3. The summed E-state index contributed by atoms with van der Waals surface area (Å²) in [7, 11) is 0. The summed E-state index contributed by atoms with van der Waals surface area (Å²) in [6.45, 7) is 5.57. The molecule has 0 unspecified atom stereocenters. The minimum Gasteiger partial charge on any atom is -0.317 e. The molecule has 2 saturated heterocycles. The molecule has 21 heavy (non-hydrogen) atoms. The lowest BCUT2D eigenvalue weighted by Gasteiger charge is -2.33. The van der Waals surface area contributed by atoms with Gasteiger partial charge in [0.25, 0.3) is 5.76 Å². The van der Waals surface area contributed by atoms with Crippen LogP contribution in [-0.4, -0.2) is 36.8 Å². The maximum Gasteiger partial charge on any atom is 0.288 e. The summed E-state index contributed by atoms with van der Waals surface area (Å²) >= 11 is 0.614. The zero-order valence-corrected chi connectivity index (χ0v) is 13.0. The lowest BCUT2D eigenvalue weighted by Crippen LogP contribution is -2.38. The number of alkyl halides is 2. The third kappa shape index (κ3) is 3.96. The molecule has 0 aliphatic carbocycles. The molecule has 2 heterocycles. The van der Waals surface area contributed by atoms with Gasteiger partial charge in [-0.15, -0.1) is 0 Å². The van der Waals surface area contributed by atoms with E-state index in [1.54, 1.807) is 0 Å². The van der Waals surface area contributed by atoms with E-state index in [2.05, 4.69) is 10.2 Å². The maximum atomic E-state index is 12.3. The molecule has 1 N–H and O–H groups in total. The van der Waals surface area contributed by atoms with Crippen molar-refractivity contribution in [3.63, 3.8) is 0 Å². The fourth-order valence-corrected chi connectivity index (χ4v) is 4.06. The largest absolute Gasteiger partial charge is 0.317 e. The lowest BCUT2D eigenvalue weighted by molar-refractivity contribution is 0.194. The van der Waals surface area contributed by atoms with Gasteiger partial charge in [-0.05, 0) is 62.0 Å². The Labute approximate surface area is 129 Å². The van der Waals surface area contributed by atoms with Gasteiger partial charge in [0.2, 0.25) is 0 Å². The standard InChI is InChI=1S/C16H22F2N2S/c17-15(18)21-14-3-1-13(2-4-14)11-20-10-7-16(12-20)5-8-19-9-6-16/h1-4,15,19H,5-12H2.